The van der Waals surface area contributed by atoms with Gasteiger partial charge in [0.05, 0.1) is 0 Å². The average Bonchev–Trinajstić information content (AvgIpc) is 3.16. The number of hydrogen-bond acceptors (Lipinski definition) is 3. The second-order valence-electron chi connectivity index (χ2n) is 7.67. The van der Waals surface area contributed by atoms with Gasteiger partial charge in [-0.25, -0.2) is 4.98 Å². The van der Waals surface area contributed by atoms with E-state index in [9.17, 15) is 4.79 Å². The SMILES string of the molecule is Cc1cc(C)cc(-c2nc3cc(NC(=O)c4cccc5c(Br)cccc45)ccc3o2)c1. The minimum absolute atomic E-state index is 0.166. The predicted octanol–water partition coefficient (Wildman–Crippen LogP) is 7.28. The Hall–Kier alpha value is -3.44. The van der Waals surface area contributed by atoms with E-state index >= 15 is 0 Å². The van der Waals surface area contributed by atoms with E-state index in [1.54, 1.807) is 0 Å². The van der Waals surface area contributed by atoms with Crippen LogP contribution in [0, 0.1) is 13.8 Å². The monoisotopic (exact) mass is 470 g/mol. The van der Waals surface area contributed by atoms with E-state index in [0.717, 1.165) is 31.9 Å². The van der Waals surface area contributed by atoms with Crippen LogP contribution in [0.15, 0.2) is 81.7 Å². The Bertz CT molecular complexity index is 1450. The van der Waals surface area contributed by atoms with Crippen LogP contribution in [0.1, 0.15) is 21.5 Å². The third kappa shape index (κ3) is 3.73. The van der Waals surface area contributed by atoms with Crippen molar-refractivity contribution in [2.24, 2.45) is 0 Å². The number of hydrogen-bond donors (Lipinski definition) is 1. The summed E-state index contributed by atoms with van der Waals surface area (Å²) in [4.78, 5) is 17.7. The molecule has 5 rings (SSSR count). The molecule has 5 heteroatoms. The Labute approximate surface area is 188 Å². The lowest BCUT2D eigenvalue weighted by atomic mass is 10.0. The molecule has 1 heterocycles. The molecule has 0 saturated heterocycles. The Morgan fingerprint density at radius 2 is 1.65 bits per heavy atom. The molecule has 0 unspecified atom stereocenters. The number of carbonyl (C=O) groups excluding carboxylic acids is 1. The summed E-state index contributed by atoms with van der Waals surface area (Å²) in [5, 5.41) is 4.89. The van der Waals surface area contributed by atoms with Crippen LogP contribution in [0.5, 0.6) is 0 Å². The van der Waals surface area contributed by atoms with Gasteiger partial charge in [0.1, 0.15) is 5.52 Å². The van der Waals surface area contributed by atoms with Crippen LogP contribution in [0.25, 0.3) is 33.3 Å². The average molecular weight is 471 g/mol. The number of nitrogens with one attached hydrogen (secondary N) is 1. The molecule has 0 bridgehead atoms. The summed E-state index contributed by atoms with van der Waals surface area (Å²) in [5.74, 6) is 0.408. The predicted molar refractivity (Wildman–Crippen MR) is 129 cm³/mol. The fraction of sp³-hybridized carbons (Fsp3) is 0.0769. The maximum absolute atomic E-state index is 13.0. The van der Waals surface area contributed by atoms with Crippen molar-refractivity contribution in [2.45, 2.75) is 13.8 Å². The summed E-state index contributed by atoms with van der Waals surface area (Å²) in [6.07, 6.45) is 0. The molecule has 0 aliphatic carbocycles. The summed E-state index contributed by atoms with van der Waals surface area (Å²) in [7, 11) is 0. The van der Waals surface area contributed by atoms with Crippen molar-refractivity contribution in [1.29, 1.82) is 0 Å². The van der Waals surface area contributed by atoms with Gasteiger partial charge in [-0.15, -0.1) is 0 Å². The highest BCUT2D eigenvalue weighted by molar-refractivity contribution is 9.10. The number of aromatic nitrogens is 1. The molecule has 0 fully saturated rings. The normalized spacial score (nSPS) is 11.2. The zero-order valence-electron chi connectivity index (χ0n) is 17.1. The molecule has 4 nitrogen and oxygen atoms in total. The highest BCUT2D eigenvalue weighted by atomic mass is 79.9. The first kappa shape index (κ1) is 19.5. The first-order valence-corrected chi connectivity index (χ1v) is 10.7. The van der Waals surface area contributed by atoms with E-state index in [0.29, 0.717) is 28.2 Å². The summed E-state index contributed by atoms with van der Waals surface area (Å²) >= 11 is 3.55. The summed E-state index contributed by atoms with van der Waals surface area (Å²) in [5.41, 5.74) is 5.94. The lowest BCUT2D eigenvalue weighted by Crippen LogP contribution is -2.12. The summed E-state index contributed by atoms with van der Waals surface area (Å²) in [6.45, 7) is 4.11. The molecule has 1 N–H and O–H groups in total. The second kappa shape index (κ2) is 7.67. The molecule has 31 heavy (non-hydrogen) atoms. The van der Waals surface area contributed by atoms with Crippen molar-refractivity contribution in [3.8, 4) is 11.5 Å². The molecule has 4 aromatic carbocycles. The van der Waals surface area contributed by atoms with E-state index in [1.807, 2.05) is 54.6 Å². The number of aryl methyl sites for hydroxylation is 2. The van der Waals surface area contributed by atoms with E-state index in [1.165, 1.54) is 0 Å². The van der Waals surface area contributed by atoms with Crippen molar-refractivity contribution in [3.05, 3.63) is 94.0 Å². The number of carbonyl (C=O) groups is 1. The molecular formula is C26H19BrN2O2. The zero-order chi connectivity index (χ0) is 21.5. The fourth-order valence-corrected chi connectivity index (χ4v) is 4.39. The van der Waals surface area contributed by atoms with Gasteiger partial charge >= 0.3 is 0 Å². The van der Waals surface area contributed by atoms with Gasteiger partial charge in [-0.3, -0.25) is 4.79 Å². The number of anilines is 1. The number of benzene rings is 4. The van der Waals surface area contributed by atoms with Crippen molar-refractivity contribution < 1.29 is 9.21 Å². The van der Waals surface area contributed by atoms with Crippen LogP contribution < -0.4 is 5.32 Å². The van der Waals surface area contributed by atoms with Crippen LogP contribution >= 0.6 is 15.9 Å². The third-order valence-corrected chi connectivity index (χ3v) is 5.92. The maximum Gasteiger partial charge on any atom is 0.256 e. The van der Waals surface area contributed by atoms with E-state index < -0.39 is 0 Å². The minimum Gasteiger partial charge on any atom is -0.436 e. The Morgan fingerprint density at radius 1 is 0.903 bits per heavy atom. The molecule has 0 aliphatic rings. The third-order valence-electron chi connectivity index (χ3n) is 5.23. The highest BCUT2D eigenvalue weighted by Gasteiger charge is 2.14. The van der Waals surface area contributed by atoms with Gasteiger partial charge in [0, 0.05) is 21.3 Å². The Kier molecular flexibility index (Phi) is 4.83. The first-order valence-electron chi connectivity index (χ1n) is 9.96. The second-order valence-corrected chi connectivity index (χ2v) is 8.53. The van der Waals surface area contributed by atoms with E-state index in [-0.39, 0.29) is 5.91 Å². The highest BCUT2D eigenvalue weighted by Crippen LogP contribution is 2.29. The minimum atomic E-state index is -0.166. The number of nitrogens with zero attached hydrogens (tertiary/aromatic N) is 1. The Morgan fingerprint density at radius 3 is 2.45 bits per heavy atom. The maximum atomic E-state index is 13.0. The van der Waals surface area contributed by atoms with Gasteiger partial charge in [0.15, 0.2) is 5.58 Å². The van der Waals surface area contributed by atoms with Crippen LogP contribution in [0.3, 0.4) is 0 Å². The Balaban J connectivity index is 1.48. The van der Waals surface area contributed by atoms with Crippen molar-refractivity contribution in [2.75, 3.05) is 5.32 Å². The largest absolute Gasteiger partial charge is 0.436 e. The number of rotatable bonds is 3. The molecule has 0 spiro atoms. The topological polar surface area (TPSA) is 55.1 Å². The quantitative estimate of drug-likeness (QED) is 0.301. The molecule has 0 saturated carbocycles. The molecular weight excluding hydrogens is 452 g/mol. The molecule has 1 aromatic heterocycles. The number of amides is 1. The molecule has 1 amide bonds. The number of halogens is 1. The number of fused-ring (bicyclic) bond motifs is 2. The van der Waals surface area contributed by atoms with Crippen LogP contribution in [0.4, 0.5) is 5.69 Å². The molecule has 0 atom stereocenters. The molecule has 0 radical (unpaired) electrons. The van der Waals surface area contributed by atoms with Gasteiger partial charge in [-0.05, 0) is 67.1 Å². The molecule has 152 valence electrons. The lowest BCUT2D eigenvalue weighted by molar-refractivity contribution is 0.102. The molecule has 0 aliphatic heterocycles. The van der Waals surface area contributed by atoms with Crippen LogP contribution in [-0.4, -0.2) is 10.9 Å². The van der Waals surface area contributed by atoms with Crippen molar-refractivity contribution in [3.63, 3.8) is 0 Å². The number of oxazole rings is 1. The van der Waals surface area contributed by atoms with Crippen molar-refractivity contribution in [1.82, 2.24) is 4.98 Å². The van der Waals surface area contributed by atoms with E-state index in [4.69, 9.17) is 4.42 Å². The van der Waals surface area contributed by atoms with Gasteiger partial charge in [0.2, 0.25) is 5.89 Å². The van der Waals surface area contributed by atoms with Gasteiger partial charge < -0.3 is 9.73 Å². The van der Waals surface area contributed by atoms with Gasteiger partial charge in [-0.2, -0.15) is 0 Å². The molecule has 5 aromatic rings. The standard InChI is InChI=1S/C26H19BrN2O2/c1-15-11-16(2)13-17(12-15)26-29-23-14-18(9-10-24(23)31-26)28-25(30)21-7-3-6-20-19(21)5-4-8-22(20)27/h3-14H,1-2H3,(H,28,30). The summed E-state index contributed by atoms with van der Waals surface area (Å²) in [6, 6.07) is 23.3. The van der Waals surface area contributed by atoms with Gasteiger partial charge in [-0.1, -0.05) is 57.4 Å². The van der Waals surface area contributed by atoms with Gasteiger partial charge in [0.25, 0.3) is 5.91 Å². The first-order chi connectivity index (χ1) is 15.0. The fourth-order valence-electron chi connectivity index (χ4n) is 3.89. The lowest BCUT2D eigenvalue weighted by Gasteiger charge is -2.09. The zero-order valence-corrected chi connectivity index (χ0v) is 18.7. The smallest absolute Gasteiger partial charge is 0.256 e. The van der Waals surface area contributed by atoms with E-state index in [2.05, 4.69) is 58.3 Å². The summed E-state index contributed by atoms with van der Waals surface area (Å²) < 4.78 is 6.91. The van der Waals surface area contributed by atoms with Crippen molar-refractivity contribution >= 4 is 49.4 Å². The van der Waals surface area contributed by atoms with Crippen LogP contribution in [0.2, 0.25) is 0 Å². The van der Waals surface area contributed by atoms with Crippen LogP contribution in [-0.2, 0) is 0 Å².